The van der Waals surface area contributed by atoms with Gasteiger partial charge in [0.1, 0.15) is 0 Å². The van der Waals surface area contributed by atoms with Gasteiger partial charge < -0.3 is 0 Å². The van der Waals surface area contributed by atoms with Crippen LogP contribution in [-0.4, -0.2) is 22.4 Å². The molecule has 2 aromatic rings. The van der Waals surface area contributed by atoms with Crippen LogP contribution in [-0.2, 0) is 0 Å². The largest absolute Gasteiger partial charge is 0.274 e. The molecule has 0 atom stereocenters. The van der Waals surface area contributed by atoms with Gasteiger partial charge in [-0.05, 0) is 6.92 Å². The van der Waals surface area contributed by atoms with Gasteiger partial charge in [0.2, 0.25) is 4.96 Å². The Morgan fingerprint density at radius 2 is 2.42 bits per heavy atom. The van der Waals surface area contributed by atoms with E-state index in [0.29, 0.717) is 4.96 Å². The first-order chi connectivity index (χ1) is 5.66. The number of rotatable bonds is 0. The molecule has 0 aliphatic carbocycles. The summed E-state index contributed by atoms with van der Waals surface area (Å²) in [6.07, 6.45) is 0. The number of hydrogen-bond donors (Lipinski definition) is 0. The normalized spacial score (nSPS) is 10.8. The van der Waals surface area contributed by atoms with E-state index in [4.69, 9.17) is 0 Å². The monoisotopic (exact) mass is 179 g/mol. The summed E-state index contributed by atoms with van der Waals surface area (Å²) < 4.78 is 1.68. The van der Waals surface area contributed by atoms with Crippen molar-refractivity contribution < 1.29 is 0 Å². The second-order valence-corrected chi connectivity index (χ2v) is 3.71. The zero-order valence-electron chi connectivity index (χ0n) is 6.74. The second-order valence-electron chi connectivity index (χ2n) is 2.55. The Kier molecular flexibility index (Phi) is 1.50. The van der Waals surface area contributed by atoms with E-state index in [0.717, 1.165) is 10.6 Å². The van der Waals surface area contributed by atoms with Gasteiger partial charge in [-0.25, -0.2) is 4.52 Å². The fraction of sp³-hybridized carbons (Fsp3) is 0.167. The summed E-state index contributed by atoms with van der Waals surface area (Å²) in [5.41, 5.74) is 0.630. The lowest BCUT2D eigenvalue weighted by atomic mass is 10.2. The molecule has 0 bridgehead atoms. The summed E-state index contributed by atoms with van der Waals surface area (Å²) in [5.74, 6) is 0. The highest BCUT2D eigenvalue weighted by molar-refractivity contribution is 7.23. The Morgan fingerprint density at radius 1 is 1.67 bits per heavy atom. The molecule has 0 aromatic carbocycles. The van der Waals surface area contributed by atoms with Gasteiger partial charge in [0.25, 0.3) is 5.56 Å². The molecule has 0 aliphatic heterocycles. The van der Waals surface area contributed by atoms with E-state index in [9.17, 15) is 4.79 Å². The van der Waals surface area contributed by atoms with Crippen molar-refractivity contribution in [2.45, 2.75) is 6.92 Å². The third-order valence-electron chi connectivity index (χ3n) is 1.53. The van der Waals surface area contributed by atoms with Gasteiger partial charge in [0.15, 0.2) is 7.85 Å². The minimum atomic E-state index is -0.198. The maximum atomic E-state index is 11.0. The van der Waals surface area contributed by atoms with Crippen LogP contribution in [0.1, 0.15) is 5.69 Å². The summed E-state index contributed by atoms with van der Waals surface area (Å²) in [6, 6.07) is 1.48. The first-order valence-corrected chi connectivity index (χ1v) is 4.32. The van der Waals surface area contributed by atoms with Crippen LogP contribution in [0.15, 0.2) is 10.9 Å². The van der Waals surface area contributed by atoms with E-state index in [2.05, 4.69) is 10.1 Å². The zero-order chi connectivity index (χ0) is 8.72. The van der Waals surface area contributed by atoms with Gasteiger partial charge in [-0.15, -0.1) is 0 Å². The maximum Gasteiger partial charge on any atom is 0.274 e. The number of aryl methyl sites for hydroxylation is 1. The highest BCUT2D eigenvalue weighted by Crippen LogP contribution is 2.02. The number of aromatic nitrogens is 3. The molecule has 0 saturated heterocycles. The Hall–Kier alpha value is -1.17. The molecule has 60 valence electrons. The van der Waals surface area contributed by atoms with E-state index in [1.807, 2.05) is 14.8 Å². The van der Waals surface area contributed by atoms with E-state index in [1.54, 1.807) is 4.52 Å². The topological polar surface area (TPSA) is 47.3 Å². The fourth-order valence-corrected chi connectivity index (χ4v) is 1.84. The second kappa shape index (κ2) is 2.41. The molecule has 12 heavy (non-hydrogen) atoms. The summed E-state index contributed by atoms with van der Waals surface area (Å²) in [4.78, 5) is 16.4. The lowest BCUT2D eigenvalue weighted by molar-refractivity contribution is 0.898. The van der Waals surface area contributed by atoms with E-state index < -0.39 is 0 Å². The SMILES string of the molecule is Bc1nn2c(C)cc(=O)nc2s1. The summed E-state index contributed by atoms with van der Waals surface area (Å²) in [6.45, 7) is 1.84. The van der Waals surface area contributed by atoms with E-state index in [-0.39, 0.29) is 5.56 Å². The van der Waals surface area contributed by atoms with Gasteiger partial charge in [0, 0.05) is 11.8 Å². The van der Waals surface area contributed by atoms with Crippen LogP contribution in [0.5, 0.6) is 0 Å². The van der Waals surface area contributed by atoms with Gasteiger partial charge in [-0.2, -0.15) is 10.1 Å². The molecular weight excluding hydrogens is 173 g/mol. The summed E-state index contributed by atoms with van der Waals surface area (Å²) in [7, 11) is 1.89. The van der Waals surface area contributed by atoms with Crippen molar-refractivity contribution in [1.29, 1.82) is 0 Å². The van der Waals surface area contributed by atoms with Crippen LogP contribution >= 0.6 is 11.3 Å². The molecule has 0 radical (unpaired) electrons. The highest BCUT2D eigenvalue weighted by Gasteiger charge is 2.02. The lowest BCUT2D eigenvalue weighted by Gasteiger charge is -1.92. The average Bonchev–Trinajstić information content (AvgIpc) is 2.29. The Balaban J connectivity index is 2.97. The molecule has 4 nitrogen and oxygen atoms in total. The quantitative estimate of drug-likeness (QED) is 0.473. The molecule has 0 spiro atoms. The van der Waals surface area contributed by atoms with Crippen molar-refractivity contribution in [2.75, 3.05) is 0 Å². The third-order valence-corrected chi connectivity index (χ3v) is 2.36. The van der Waals surface area contributed by atoms with Crippen LogP contribution in [0, 0.1) is 6.92 Å². The zero-order valence-corrected chi connectivity index (χ0v) is 7.55. The molecule has 0 fully saturated rings. The fourth-order valence-electron chi connectivity index (χ4n) is 1.05. The van der Waals surface area contributed by atoms with Crippen LogP contribution in [0.2, 0.25) is 0 Å². The molecule has 2 heterocycles. The minimum Gasteiger partial charge on any atom is -0.267 e. The van der Waals surface area contributed by atoms with Crippen molar-refractivity contribution in [1.82, 2.24) is 14.6 Å². The number of nitrogens with zero attached hydrogens (tertiary/aromatic N) is 3. The Bertz CT molecular complexity index is 489. The van der Waals surface area contributed by atoms with Gasteiger partial charge in [-0.1, -0.05) is 11.3 Å². The first-order valence-electron chi connectivity index (χ1n) is 3.51. The highest BCUT2D eigenvalue weighted by atomic mass is 32.1. The Morgan fingerprint density at radius 3 is 3.17 bits per heavy atom. The molecule has 0 aliphatic rings. The number of fused-ring (bicyclic) bond motifs is 1. The molecule has 0 saturated carbocycles. The predicted octanol–water partition coefficient (Wildman–Crippen LogP) is -1.28. The van der Waals surface area contributed by atoms with Crippen LogP contribution in [0.25, 0.3) is 4.96 Å². The minimum absolute atomic E-state index is 0.198. The van der Waals surface area contributed by atoms with Crippen molar-refractivity contribution in [2.24, 2.45) is 0 Å². The molecule has 0 amide bonds. The van der Waals surface area contributed by atoms with E-state index >= 15 is 0 Å². The molecule has 2 rings (SSSR count). The van der Waals surface area contributed by atoms with Crippen LogP contribution < -0.4 is 10.5 Å². The van der Waals surface area contributed by atoms with Gasteiger partial charge in [-0.3, -0.25) is 4.79 Å². The standard InChI is InChI=1S/C6H6BN3OS/c1-3-2-4(11)8-6-10(3)9-5(7)12-6/h2H,7H2,1H3. The third kappa shape index (κ3) is 1.04. The number of hydrogen-bond acceptors (Lipinski definition) is 4. The predicted molar refractivity (Wildman–Crippen MR) is 50.0 cm³/mol. The van der Waals surface area contributed by atoms with E-state index in [1.165, 1.54) is 17.4 Å². The maximum absolute atomic E-state index is 11.0. The van der Waals surface area contributed by atoms with Crippen LogP contribution in [0.3, 0.4) is 0 Å². The molecule has 0 N–H and O–H groups in total. The van der Waals surface area contributed by atoms with Gasteiger partial charge in [0.05, 0.1) is 4.91 Å². The van der Waals surface area contributed by atoms with Gasteiger partial charge >= 0.3 is 0 Å². The molecule has 0 unspecified atom stereocenters. The smallest absolute Gasteiger partial charge is 0.267 e. The molecule has 2 aromatic heterocycles. The first kappa shape index (κ1) is 7.48. The lowest BCUT2D eigenvalue weighted by Crippen LogP contribution is -2.10. The Labute approximate surface area is 73.3 Å². The van der Waals surface area contributed by atoms with Crippen molar-refractivity contribution in [3.05, 3.63) is 22.1 Å². The average molecular weight is 179 g/mol. The summed E-state index contributed by atoms with van der Waals surface area (Å²) >= 11 is 1.42. The van der Waals surface area contributed by atoms with Crippen LogP contribution in [0.4, 0.5) is 0 Å². The molecular formula is C6H6BN3OS. The van der Waals surface area contributed by atoms with Crippen molar-refractivity contribution in [3.63, 3.8) is 0 Å². The summed E-state index contributed by atoms with van der Waals surface area (Å²) in [5, 5.41) is 4.19. The van der Waals surface area contributed by atoms with Crippen molar-refractivity contribution >= 4 is 29.1 Å². The van der Waals surface area contributed by atoms with Crippen molar-refractivity contribution in [3.8, 4) is 0 Å². The molecule has 6 heteroatoms.